The first-order valence-corrected chi connectivity index (χ1v) is 7.04. The molecule has 0 aromatic heterocycles. The summed E-state index contributed by atoms with van der Waals surface area (Å²) in [6.07, 6.45) is 1.13. The summed E-state index contributed by atoms with van der Waals surface area (Å²) >= 11 is 0. The third kappa shape index (κ3) is 3.32. The standard InChI is InChI=1S/C15H20N2O4/c1-10-6-11(2)9-16(8-10)13-5-4-12(15(18)21-3)7-14(13)17(19)20/h4-5,7,10-11H,6,8-9H2,1-3H3/t10-,11-/m0/s1. The Labute approximate surface area is 123 Å². The normalized spacial score (nSPS) is 22.0. The summed E-state index contributed by atoms with van der Waals surface area (Å²) in [5.41, 5.74) is 0.733. The largest absolute Gasteiger partial charge is 0.465 e. The van der Waals surface area contributed by atoms with E-state index in [-0.39, 0.29) is 11.3 Å². The van der Waals surface area contributed by atoms with Crippen molar-refractivity contribution >= 4 is 17.3 Å². The summed E-state index contributed by atoms with van der Waals surface area (Å²) < 4.78 is 4.62. The van der Waals surface area contributed by atoms with Crippen molar-refractivity contribution in [3.05, 3.63) is 33.9 Å². The molecule has 6 heteroatoms. The number of rotatable bonds is 3. The second-order valence-electron chi connectivity index (χ2n) is 5.80. The summed E-state index contributed by atoms with van der Waals surface area (Å²) in [5, 5.41) is 11.3. The van der Waals surface area contributed by atoms with Gasteiger partial charge in [-0.1, -0.05) is 13.8 Å². The van der Waals surface area contributed by atoms with Crippen molar-refractivity contribution in [2.24, 2.45) is 11.8 Å². The quantitative estimate of drug-likeness (QED) is 0.486. The summed E-state index contributed by atoms with van der Waals surface area (Å²) in [5.74, 6) is 0.423. The highest BCUT2D eigenvalue weighted by Gasteiger charge is 2.27. The van der Waals surface area contributed by atoms with Crippen molar-refractivity contribution in [1.82, 2.24) is 0 Å². The van der Waals surface area contributed by atoms with Crippen molar-refractivity contribution in [1.29, 1.82) is 0 Å². The molecule has 0 radical (unpaired) electrons. The first-order valence-electron chi connectivity index (χ1n) is 7.04. The summed E-state index contributed by atoms with van der Waals surface area (Å²) in [4.78, 5) is 24.4. The molecular weight excluding hydrogens is 272 g/mol. The molecule has 0 bridgehead atoms. The van der Waals surface area contributed by atoms with Gasteiger partial charge in [-0.15, -0.1) is 0 Å². The summed E-state index contributed by atoms with van der Waals surface area (Å²) in [6.45, 7) is 5.89. The Bertz CT molecular complexity index is 549. The number of hydrogen-bond acceptors (Lipinski definition) is 5. The highest BCUT2D eigenvalue weighted by atomic mass is 16.6. The smallest absolute Gasteiger partial charge is 0.338 e. The molecule has 1 aromatic carbocycles. The number of nitro benzene ring substituents is 1. The predicted molar refractivity (Wildman–Crippen MR) is 79.6 cm³/mol. The van der Waals surface area contributed by atoms with Crippen LogP contribution >= 0.6 is 0 Å². The minimum absolute atomic E-state index is 0.0424. The van der Waals surface area contributed by atoms with Crippen molar-refractivity contribution in [2.75, 3.05) is 25.1 Å². The Morgan fingerprint density at radius 3 is 2.48 bits per heavy atom. The van der Waals surface area contributed by atoms with Crippen LogP contribution in [0.4, 0.5) is 11.4 Å². The van der Waals surface area contributed by atoms with E-state index < -0.39 is 10.9 Å². The molecule has 0 saturated carbocycles. The second-order valence-corrected chi connectivity index (χ2v) is 5.80. The second kappa shape index (κ2) is 6.11. The fourth-order valence-electron chi connectivity index (χ4n) is 3.04. The number of nitro groups is 1. The average Bonchev–Trinajstić information content (AvgIpc) is 2.44. The van der Waals surface area contributed by atoms with Gasteiger partial charge in [0.05, 0.1) is 17.6 Å². The lowest BCUT2D eigenvalue weighted by Crippen LogP contribution is -2.39. The molecule has 6 nitrogen and oxygen atoms in total. The summed E-state index contributed by atoms with van der Waals surface area (Å²) in [6, 6.07) is 4.53. The van der Waals surface area contributed by atoms with Gasteiger partial charge in [0.25, 0.3) is 5.69 Å². The van der Waals surface area contributed by atoms with Gasteiger partial charge >= 0.3 is 5.97 Å². The lowest BCUT2D eigenvalue weighted by Gasteiger charge is -2.36. The number of methoxy groups -OCH3 is 1. The van der Waals surface area contributed by atoms with E-state index in [0.29, 0.717) is 17.5 Å². The zero-order chi connectivity index (χ0) is 15.6. The first kappa shape index (κ1) is 15.3. The van der Waals surface area contributed by atoms with Crippen LogP contribution in [-0.2, 0) is 4.74 Å². The number of esters is 1. The van der Waals surface area contributed by atoms with Crippen molar-refractivity contribution in [3.8, 4) is 0 Å². The van der Waals surface area contributed by atoms with Gasteiger partial charge in [0.2, 0.25) is 0 Å². The maximum Gasteiger partial charge on any atom is 0.338 e. The third-order valence-corrected chi connectivity index (χ3v) is 3.80. The fraction of sp³-hybridized carbons (Fsp3) is 0.533. The number of piperidine rings is 1. The van der Waals surface area contributed by atoms with Crippen LogP contribution in [0.2, 0.25) is 0 Å². The van der Waals surface area contributed by atoms with Gasteiger partial charge in [-0.3, -0.25) is 10.1 Å². The highest BCUT2D eigenvalue weighted by molar-refractivity contribution is 5.91. The molecular formula is C15H20N2O4. The van der Waals surface area contributed by atoms with Crippen LogP contribution in [0.25, 0.3) is 0 Å². The lowest BCUT2D eigenvalue weighted by atomic mass is 9.91. The van der Waals surface area contributed by atoms with E-state index in [2.05, 4.69) is 18.6 Å². The molecule has 1 aromatic rings. The zero-order valence-electron chi connectivity index (χ0n) is 12.5. The average molecular weight is 292 g/mol. The molecule has 2 rings (SSSR count). The monoisotopic (exact) mass is 292 g/mol. The number of ether oxygens (including phenoxy) is 1. The molecule has 0 N–H and O–H groups in total. The van der Waals surface area contributed by atoms with Crippen LogP contribution in [0, 0.1) is 22.0 Å². The Balaban J connectivity index is 2.38. The Hall–Kier alpha value is -2.11. The van der Waals surface area contributed by atoms with Crippen LogP contribution in [0.1, 0.15) is 30.6 Å². The van der Waals surface area contributed by atoms with E-state index in [1.807, 2.05) is 4.90 Å². The van der Waals surface area contributed by atoms with Crippen molar-refractivity contribution in [3.63, 3.8) is 0 Å². The number of nitrogens with zero attached hydrogens (tertiary/aromatic N) is 2. The van der Waals surface area contributed by atoms with Gasteiger partial charge in [0.15, 0.2) is 0 Å². The van der Waals surface area contributed by atoms with E-state index in [0.717, 1.165) is 19.5 Å². The molecule has 0 unspecified atom stereocenters. The molecule has 2 atom stereocenters. The third-order valence-electron chi connectivity index (χ3n) is 3.80. The van der Waals surface area contributed by atoms with Crippen LogP contribution in [0.15, 0.2) is 18.2 Å². The highest BCUT2D eigenvalue weighted by Crippen LogP contribution is 2.33. The van der Waals surface area contributed by atoms with E-state index in [1.54, 1.807) is 12.1 Å². The van der Waals surface area contributed by atoms with Crippen LogP contribution in [0.3, 0.4) is 0 Å². The maximum atomic E-state index is 11.5. The van der Waals surface area contributed by atoms with E-state index >= 15 is 0 Å². The van der Waals surface area contributed by atoms with Crippen LogP contribution < -0.4 is 4.90 Å². The number of hydrogen-bond donors (Lipinski definition) is 0. The molecule has 1 aliphatic heterocycles. The minimum atomic E-state index is -0.565. The minimum Gasteiger partial charge on any atom is -0.465 e. The van der Waals surface area contributed by atoms with E-state index in [1.165, 1.54) is 13.2 Å². The SMILES string of the molecule is COC(=O)c1ccc(N2C[C@@H](C)C[C@H](C)C2)c([N+](=O)[O-])c1. The molecule has 0 aliphatic carbocycles. The van der Waals surface area contributed by atoms with Crippen LogP contribution in [-0.4, -0.2) is 31.1 Å². The molecule has 1 saturated heterocycles. The number of benzene rings is 1. The number of carbonyl (C=O) groups is 1. The van der Waals surface area contributed by atoms with Crippen molar-refractivity contribution < 1.29 is 14.5 Å². The first-order chi connectivity index (χ1) is 9.92. The zero-order valence-corrected chi connectivity index (χ0v) is 12.5. The number of anilines is 1. The molecule has 0 amide bonds. The number of carbonyl (C=O) groups excluding carboxylic acids is 1. The van der Waals surface area contributed by atoms with Gasteiger partial charge in [-0.25, -0.2) is 4.79 Å². The Morgan fingerprint density at radius 1 is 1.33 bits per heavy atom. The van der Waals surface area contributed by atoms with Gasteiger partial charge in [-0.05, 0) is 30.4 Å². The Morgan fingerprint density at radius 2 is 1.95 bits per heavy atom. The predicted octanol–water partition coefficient (Wildman–Crippen LogP) is 2.86. The Kier molecular flexibility index (Phi) is 4.45. The van der Waals surface area contributed by atoms with Gasteiger partial charge in [-0.2, -0.15) is 0 Å². The van der Waals surface area contributed by atoms with Gasteiger partial charge in [0, 0.05) is 19.2 Å². The molecule has 1 fully saturated rings. The van der Waals surface area contributed by atoms with Crippen molar-refractivity contribution in [2.45, 2.75) is 20.3 Å². The molecule has 21 heavy (non-hydrogen) atoms. The topological polar surface area (TPSA) is 72.7 Å². The molecule has 0 spiro atoms. The molecule has 1 aliphatic rings. The van der Waals surface area contributed by atoms with Crippen LogP contribution in [0.5, 0.6) is 0 Å². The summed E-state index contributed by atoms with van der Waals surface area (Å²) in [7, 11) is 1.26. The lowest BCUT2D eigenvalue weighted by molar-refractivity contribution is -0.384. The maximum absolute atomic E-state index is 11.5. The van der Waals surface area contributed by atoms with Gasteiger partial charge < -0.3 is 9.64 Å². The van der Waals surface area contributed by atoms with E-state index in [9.17, 15) is 14.9 Å². The van der Waals surface area contributed by atoms with Gasteiger partial charge in [0.1, 0.15) is 5.69 Å². The molecule has 1 heterocycles. The fourth-order valence-corrected chi connectivity index (χ4v) is 3.04. The molecule has 114 valence electrons. The van der Waals surface area contributed by atoms with E-state index in [4.69, 9.17) is 0 Å².